The molecule has 0 rings (SSSR count). The minimum absolute atomic E-state index is 0.0321. The lowest BCUT2D eigenvalue weighted by Crippen LogP contribution is -2.45. The van der Waals surface area contributed by atoms with Gasteiger partial charge in [-0.25, -0.2) is 0 Å². The average molecular weight is 917 g/mol. The van der Waals surface area contributed by atoms with E-state index in [1.165, 1.54) is 205 Å². The Morgan fingerprint density at radius 1 is 0.415 bits per heavy atom. The second-order valence-corrected chi connectivity index (χ2v) is 20.0. The van der Waals surface area contributed by atoms with Crippen LogP contribution in [0.25, 0.3) is 0 Å². The number of hydrogen-bond acceptors (Lipinski definition) is 5. The Morgan fingerprint density at radius 2 is 0.723 bits per heavy atom. The van der Waals surface area contributed by atoms with Crippen LogP contribution in [0.1, 0.15) is 316 Å². The van der Waals surface area contributed by atoms with Gasteiger partial charge in [-0.15, -0.1) is 0 Å². The van der Waals surface area contributed by atoms with Gasteiger partial charge in [-0.1, -0.05) is 244 Å². The summed E-state index contributed by atoms with van der Waals surface area (Å²) in [5.74, 6) is -0.0905. The van der Waals surface area contributed by atoms with Crippen LogP contribution in [0.15, 0.2) is 24.3 Å². The van der Waals surface area contributed by atoms with Crippen molar-refractivity contribution in [1.29, 1.82) is 0 Å². The minimum Gasteiger partial charge on any atom is -0.466 e. The molecule has 0 aromatic heterocycles. The standard InChI is InChI=1S/C59H113NO5/c1-3-5-7-9-11-13-15-17-18-19-20-21-22-23-24-25-26-27-28-31-35-39-43-47-51-57(62)56(55-61)60-58(63)52-48-44-40-36-32-29-30-34-38-42-46-50-54-65-59(64)53-49-45-41-37-33-16-14-12-10-8-6-4-2/h12,14,30,34,56-57,61-62H,3-11,13,15-29,31-33,35-55H2,1-2H3,(H,60,63)/b14-12-,34-30-. The van der Waals surface area contributed by atoms with Gasteiger partial charge in [0.25, 0.3) is 0 Å². The summed E-state index contributed by atoms with van der Waals surface area (Å²) in [5, 5.41) is 23.3. The SMILES string of the molecule is CCCCC/C=C\CCCCCCCC(=O)OCCCCC/C=C\CCCCCCCC(=O)NC(CO)C(O)CCCCCCCCCCCCCCCCCCCCCCCCCC. The molecule has 0 radical (unpaired) electrons. The fourth-order valence-electron chi connectivity index (χ4n) is 8.98. The number of aliphatic hydroxyl groups is 2. The normalized spacial score (nSPS) is 12.7. The summed E-state index contributed by atoms with van der Waals surface area (Å²) in [4.78, 5) is 24.5. The van der Waals surface area contributed by atoms with E-state index in [9.17, 15) is 19.8 Å². The predicted molar refractivity (Wildman–Crippen MR) is 283 cm³/mol. The Labute approximate surface area is 405 Å². The highest BCUT2D eigenvalue weighted by atomic mass is 16.5. The van der Waals surface area contributed by atoms with Crippen LogP contribution >= 0.6 is 0 Å². The maximum atomic E-state index is 12.5. The maximum Gasteiger partial charge on any atom is 0.305 e. The number of carbonyl (C=O) groups excluding carboxylic acids is 2. The molecule has 0 aliphatic carbocycles. The van der Waals surface area contributed by atoms with Crippen molar-refractivity contribution in [3.8, 4) is 0 Å². The molecule has 0 fully saturated rings. The second kappa shape index (κ2) is 54.9. The van der Waals surface area contributed by atoms with E-state index in [4.69, 9.17) is 4.74 Å². The van der Waals surface area contributed by atoms with Crippen LogP contribution in [0.3, 0.4) is 0 Å². The molecule has 384 valence electrons. The molecule has 0 bridgehead atoms. The fraction of sp³-hybridized carbons (Fsp3) is 0.898. The molecular formula is C59H113NO5. The van der Waals surface area contributed by atoms with Crippen LogP contribution in [0.5, 0.6) is 0 Å². The number of carbonyl (C=O) groups is 2. The number of allylic oxidation sites excluding steroid dienone is 4. The van der Waals surface area contributed by atoms with Crippen LogP contribution in [0.2, 0.25) is 0 Å². The van der Waals surface area contributed by atoms with E-state index in [0.29, 0.717) is 25.9 Å². The molecule has 6 heteroatoms. The highest BCUT2D eigenvalue weighted by molar-refractivity contribution is 5.76. The van der Waals surface area contributed by atoms with E-state index >= 15 is 0 Å². The lowest BCUT2D eigenvalue weighted by molar-refractivity contribution is -0.143. The Bertz CT molecular complexity index is 1010. The first-order chi connectivity index (χ1) is 32.0. The number of amides is 1. The Hall–Kier alpha value is -1.66. The summed E-state index contributed by atoms with van der Waals surface area (Å²) >= 11 is 0. The Kier molecular flexibility index (Phi) is 53.5. The van der Waals surface area contributed by atoms with Crippen molar-refractivity contribution in [2.24, 2.45) is 0 Å². The molecule has 1 amide bonds. The second-order valence-electron chi connectivity index (χ2n) is 20.0. The first-order valence-corrected chi connectivity index (χ1v) is 29.1. The number of aliphatic hydroxyl groups excluding tert-OH is 2. The minimum atomic E-state index is -0.682. The lowest BCUT2D eigenvalue weighted by Gasteiger charge is -2.22. The molecule has 0 heterocycles. The van der Waals surface area contributed by atoms with E-state index in [-0.39, 0.29) is 18.5 Å². The first kappa shape index (κ1) is 63.3. The van der Waals surface area contributed by atoms with Crippen molar-refractivity contribution in [3.05, 3.63) is 24.3 Å². The van der Waals surface area contributed by atoms with Crippen molar-refractivity contribution in [3.63, 3.8) is 0 Å². The molecule has 65 heavy (non-hydrogen) atoms. The van der Waals surface area contributed by atoms with E-state index in [0.717, 1.165) is 77.0 Å². The van der Waals surface area contributed by atoms with E-state index in [1.54, 1.807) is 0 Å². The third kappa shape index (κ3) is 51.6. The zero-order valence-electron chi connectivity index (χ0n) is 43.7. The summed E-state index contributed by atoms with van der Waals surface area (Å²) in [6, 6.07) is -0.561. The summed E-state index contributed by atoms with van der Waals surface area (Å²) < 4.78 is 5.43. The molecular weight excluding hydrogens is 803 g/mol. The van der Waals surface area contributed by atoms with Gasteiger partial charge in [0.2, 0.25) is 5.91 Å². The average Bonchev–Trinajstić information content (AvgIpc) is 3.31. The van der Waals surface area contributed by atoms with Gasteiger partial charge in [-0.3, -0.25) is 9.59 Å². The molecule has 2 atom stereocenters. The number of esters is 1. The molecule has 3 N–H and O–H groups in total. The van der Waals surface area contributed by atoms with Gasteiger partial charge in [0.1, 0.15) is 0 Å². The van der Waals surface area contributed by atoms with Crippen LogP contribution in [-0.2, 0) is 14.3 Å². The van der Waals surface area contributed by atoms with Crippen molar-refractivity contribution < 1.29 is 24.5 Å². The molecule has 0 aliphatic rings. The lowest BCUT2D eigenvalue weighted by atomic mass is 10.0. The molecule has 6 nitrogen and oxygen atoms in total. The third-order valence-electron chi connectivity index (χ3n) is 13.5. The van der Waals surface area contributed by atoms with E-state index in [1.807, 2.05) is 0 Å². The molecule has 0 saturated carbocycles. The molecule has 0 aliphatic heterocycles. The topological polar surface area (TPSA) is 95.9 Å². The van der Waals surface area contributed by atoms with Gasteiger partial charge in [0.05, 0.1) is 25.4 Å². The summed E-state index contributed by atoms with van der Waals surface area (Å²) in [5.41, 5.74) is 0. The monoisotopic (exact) mass is 916 g/mol. The quantitative estimate of drug-likeness (QED) is 0.0321. The zero-order chi connectivity index (χ0) is 47.2. The molecule has 0 saturated heterocycles. The van der Waals surface area contributed by atoms with Gasteiger partial charge >= 0.3 is 5.97 Å². The van der Waals surface area contributed by atoms with Gasteiger partial charge in [-0.2, -0.15) is 0 Å². The highest BCUT2D eigenvalue weighted by Crippen LogP contribution is 2.17. The van der Waals surface area contributed by atoms with E-state index < -0.39 is 12.1 Å². The molecule has 0 spiro atoms. The maximum absolute atomic E-state index is 12.5. The number of ether oxygens (including phenoxy) is 1. The largest absolute Gasteiger partial charge is 0.466 e. The summed E-state index contributed by atoms with van der Waals surface area (Å²) in [6.07, 6.45) is 66.0. The van der Waals surface area contributed by atoms with Gasteiger partial charge in [0, 0.05) is 12.8 Å². The van der Waals surface area contributed by atoms with Crippen LogP contribution < -0.4 is 5.32 Å². The highest BCUT2D eigenvalue weighted by Gasteiger charge is 2.20. The zero-order valence-corrected chi connectivity index (χ0v) is 43.7. The van der Waals surface area contributed by atoms with Crippen molar-refractivity contribution in [2.75, 3.05) is 13.2 Å². The van der Waals surface area contributed by atoms with E-state index in [2.05, 4.69) is 43.5 Å². The number of rotatable bonds is 54. The van der Waals surface area contributed by atoms with Crippen molar-refractivity contribution in [1.82, 2.24) is 5.32 Å². The van der Waals surface area contributed by atoms with Crippen molar-refractivity contribution in [2.45, 2.75) is 328 Å². The predicted octanol–water partition coefficient (Wildman–Crippen LogP) is 17.9. The van der Waals surface area contributed by atoms with Crippen molar-refractivity contribution >= 4 is 11.9 Å². The van der Waals surface area contributed by atoms with Gasteiger partial charge in [0.15, 0.2) is 0 Å². The van der Waals surface area contributed by atoms with Crippen LogP contribution in [-0.4, -0.2) is 47.4 Å². The Balaban J connectivity index is 3.49. The van der Waals surface area contributed by atoms with Gasteiger partial charge in [-0.05, 0) is 83.5 Å². The summed E-state index contributed by atoms with van der Waals surface area (Å²) in [7, 11) is 0. The molecule has 2 unspecified atom stereocenters. The first-order valence-electron chi connectivity index (χ1n) is 29.1. The number of nitrogens with one attached hydrogen (secondary N) is 1. The van der Waals surface area contributed by atoms with Crippen LogP contribution in [0.4, 0.5) is 0 Å². The third-order valence-corrected chi connectivity index (χ3v) is 13.5. The molecule has 0 aromatic carbocycles. The number of unbranched alkanes of at least 4 members (excludes halogenated alkanes) is 39. The van der Waals surface area contributed by atoms with Crippen LogP contribution in [0, 0.1) is 0 Å². The Morgan fingerprint density at radius 3 is 1.12 bits per heavy atom. The summed E-state index contributed by atoms with van der Waals surface area (Å²) in [6.45, 7) is 4.88. The number of hydrogen-bond donors (Lipinski definition) is 3. The van der Waals surface area contributed by atoms with Gasteiger partial charge < -0.3 is 20.3 Å². The fourth-order valence-corrected chi connectivity index (χ4v) is 8.98. The molecule has 0 aromatic rings. The smallest absolute Gasteiger partial charge is 0.305 e.